The molecule has 1 amide bonds. The number of hydrogen-bond acceptors (Lipinski definition) is 5. The van der Waals surface area contributed by atoms with Gasteiger partial charge >= 0.3 is 0 Å². The summed E-state index contributed by atoms with van der Waals surface area (Å²) in [6, 6.07) is 4.14. The Morgan fingerprint density at radius 1 is 1.48 bits per heavy atom. The summed E-state index contributed by atoms with van der Waals surface area (Å²) in [4.78, 5) is 22.7. The van der Waals surface area contributed by atoms with Crippen LogP contribution in [-0.2, 0) is 0 Å². The topological polar surface area (TPSA) is 110 Å². The van der Waals surface area contributed by atoms with Crippen LogP contribution in [0.1, 0.15) is 43.0 Å². The van der Waals surface area contributed by atoms with Crippen molar-refractivity contribution in [1.82, 2.24) is 5.32 Å². The smallest absolute Gasteiger partial charge is 0.282 e. The monoisotopic (exact) mass is 292 g/mol. The van der Waals surface area contributed by atoms with E-state index in [9.17, 15) is 14.9 Å². The van der Waals surface area contributed by atoms with Crippen molar-refractivity contribution in [2.24, 2.45) is 11.3 Å². The predicted octanol–water partition coefficient (Wildman–Crippen LogP) is 2.19. The average molecular weight is 292 g/mol. The van der Waals surface area contributed by atoms with Gasteiger partial charge in [-0.2, -0.15) is 0 Å². The second-order valence-corrected chi connectivity index (χ2v) is 5.52. The summed E-state index contributed by atoms with van der Waals surface area (Å²) >= 11 is 0. The summed E-state index contributed by atoms with van der Waals surface area (Å²) < 4.78 is 0. The lowest BCUT2D eigenvalue weighted by Crippen LogP contribution is -2.41. The SMILES string of the molecule is CCC1(CNC(=O)c2cc(NN)ccc2[N+](=O)[O-])CCC1. The van der Waals surface area contributed by atoms with Gasteiger partial charge in [0, 0.05) is 18.3 Å². The Hall–Kier alpha value is -2.15. The molecule has 0 aliphatic heterocycles. The van der Waals surface area contributed by atoms with Crippen LogP contribution >= 0.6 is 0 Å². The first-order chi connectivity index (χ1) is 10.0. The molecule has 1 aromatic rings. The second-order valence-electron chi connectivity index (χ2n) is 5.52. The number of benzene rings is 1. The molecule has 7 heteroatoms. The van der Waals surface area contributed by atoms with Crippen molar-refractivity contribution in [2.45, 2.75) is 32.6 Å². The number of anilines is 1. The standard InChI is InChI=1S/C14H20N4O3/c1-2-14(6-3-7-14)9-16-13(19)11-8-10(17-15)4-5-12(11)18(20)21/h4-5,8,17H,2-3,6-7,9,15H2,1H3,(H,16,19). The molecule has 0 bridgehead atoms. The highest BCUT2D eigenvalue weighted by atomic mass is 16.6. The summed E-state index contributed by atoms with van der Waals surface area (Å²) in [5.74, 6) is 4.86. The van der Waals surface area contributed by atoms with Crippen molar-refractivity contribution in [3.05, 3.63) is 33.9 Å². The molecule has 1 aliphatic rings. The molecule has 0 radical (unpaired) electrons. The van der Waals surface area contributed by atoms with Gasteiger partial charge < -0.3 is 10.7 Å². The number of hydrazine groups is 1. The first kappa shape index (κ1) is 15.2. The van der Waals surface area contributed by atoms with Crippen LogP contribution in [0.3, 0.4) is 0 Å². The molecule has 0 spiro atoms. The van der Waals surface area contributed by atoms with Gasteiger partial charge in [0.1, 0.15) is 5.56 Å². The Kier molecular flexibility index (Phi) is 4.42. The first-order valence-corrected chi connectivity index (χ1v) is 7.04. The van der Waals surface area contributed by atoms with E-state index in [4.69, 9.17) is 5.84 Å². The van der Waals surface area contributed by atoms with Crippen LogP contribution in [0.25, 0.3) is 0 Å². The van der Waals surface area contributed by atoms with E-state index in [1.165, 1.54) is 24.6 Å². The number of nitrogens with one attached hydrogen (secondary N) is 2. The van der Waals surface area contributed by atoms with Crippen molar-refractivity contribution in [1.29, 1.82) is 0 Å². The molecular weight excluding hydrogens is 272 g/mol. The minimum absolute atomic E-state index is 0.0287. The molecule has 1 saturated carbocycles. The third-order valence-corrected chi connectivity index (χ3v) is 4.39. The van der Waals surface area contributed by atoms with Gasteiger partial charge in [0.15, 0.2) is 0 Å². The molecular formula is C14H20N4O3. The maximum atomic E-state index is 12.3. The molecule has 114 valence electrons. The highest BCUT2D eigenvalue weighted by Crippen LogP contribution is 2.43. The summed E-state index contributed by atoms with van der Waals surface area (Å²) in [5, 5.41) is 13.9. The minimum Gasteiger partial charge on any atom is -0.351 e. The number of nitro groups is 1. The molecule has 0 saturated heterocycles. The molecule has 21 heavy (non-hydrogen) atoms. The highest BCUT2D eigenvalue weighted by molar-refractivity contribution is 5.99. The molecule has 2 rings (SSSR count). The summed E-state index contributed by atoms with van der Waals surface area (Å²) in [6.45, 7) is 2.66. The fourth-order valence-electron chi connectivity index (χ4n) is 2.66. The zero-order valence-electron chi connectivity index (χ0n) is 12.0. The van der Waals surface area contributed by atoms with Gasteiger partial charge in [-0.05, 0) is 36.8 Å². The molecule has 1 fully saturated rings. The minimum atomic E-state index is -0.561. The van der Waals surface area contributed by atoms with E-state index in [2.05, 4.69) is 17.7 Å². The zero-order valence-corrected chi connectivity index (χ0v) is 12.0. The summed E-state index contributed by atoms with van der Waals surface area (Å²) in [5.41, 5.74) is 2.82. The Morgan fingerprint density at radius 3 is 2.67 bits per heavy atom. The Balaban J connectivity index is 2.15. The maximum Gasteiger partial charge on any atom is 0.282 e. The maximum absolute atomic E-state index is 12.3. The third kappa shape index (κ3) is 3.13. The van der Waals surface area contributed by atoms with Gasteiger partial charge in [-0.3, -0.25) is 20.8 Å². The van der Waals surface area contributed by atoms with Crippen LogP contribution in [0.4, 0.5) is 11.4 Å². The number of nitrogen functional groups attached to an aromatic ring is 1. The van der Waals surface area contributed by atoms with Gasteiger partial charge in [0.25, 0.3) is 11.6 Å². The fourth-order valence-corrected chi connectivity index (χ4v) is 2.66. The number of hydrogen-bond donors (Lipinski definition) is 3. The van der Waals surface area contributed by atoms with Gasteiger partial charge in [-0.1, -0.05) is 13.3 Å². The van der Waals surface area contributed by atoms with Gasteiger partial charge in [0.2, 0.25) is 0 Å². The number of amides is 1. The van der Waals surface area contributed by atoms with Crippen molar-refractivity contribution >= 4 is 17.3 Å². The normalized spacial score (nSPS) is 15.9. The lowest BCUT2D eigenvalue weighted by molar-refractivity contribution is -0.385. The molecule has 1 aromatic carbocycles. The Labute approximate surface area is 123 Å². The van der Waals surface area contributed by atoms with Crippen LogP contribution in [-0.4, -0.2) is 17.4 Å². The molecule has 0 heterocycles. The number of rotatable bonds is 6. The second kappa shape index (κ2) is 6.09. The highest BCUT2D eigenvalue weighted by Gasteiger charge is 2.35. The quantitative estimate of drug-likeness (QED) is 0.423. The van der Waals surface area contributed by atoms with E-state index in [0.717, 1.165) is 19.3 Å². The van der Waals surface area contributed by atoms with Gasteiger partial charge in [0.05, 0.1) is 4.92 Å². The lowest BCUT2D eigenvalue weighted by Gasteiger charge is -2.41. The summed E-state index contributed by atoms with van der Waals surface area (Å²) in [7, 11) is 0. The van der Waals surface area contributed by atoms with Crippen molar-refractivity contribution < 1.29 is 9.72 Å². The molecule has 1 aliphatic carbocycles. The van der Waals surface area contributed by atoms with Crippen LogP contribution < -0.4 is 16.6 Å². The first-order valence-electron chi connectivity index (χ1n) is 7.04. The zero-order chi connectivity index (χ0) is 15.5. The van der Waals surface area contributed by atoms with E-state index < -0.39 is 10.8 Å². The third-order valence-electron chi connectivity index (χ3n) is 4.39. The van der Waals surface area contributed by atoms with Gasteiger partial charge in [-0.25, -0.2) is 0 Å². The average Bonchev–Trinajstić information content (AvgIpc) is 2.45. The van der Waals surface area contributed by atoms with E-state index >= 15 is 0 Å². The lowest BCUT2D eigenvalue weighted by atomic mass is 9.67. The molecule has 4 N–H and O–H groups in total. The number of carbonyl (C=O) groups excluding carboxylic acids is 1. The van der Waals surface area contributed by atoms with E-state index in [1.54, 1.807) is 0 Å². The number of nitrogens with two attached hydrogens (primary N) is 1. The van der Waals surface area contributed by atoms with E-state index in [0.29, 0.717) is 12.2 Å². The Morgan fingerprint density at radius 2 is 2.19 bits per heavy atom. The predicted molar refractivity (Wildman–Crippen MR) is 79.8 cm³/mol. The summed E-state index contributed by atoms with van der Waals surface area (Å²) in [6.07, 6.45) is 4.36. The molecule has 7 nitrogen and oxygen atoms in total. The van der Waals surface area contributed by atoms with E-state index in [1.807, 2.05) is 0 Å². The largest absolute Gasteiger partial charge is 0.351 e. The van der Waals surface area contributed by atoms with Crippen molar-refractivity contribution in [3.8, 4) is 0 Å². The van der Waals surface area contributed by atoms with E-state index in [-0.39, 0.29) is 16.7 Å². The molecule has 0 unspecified atom stereocenters. The number of nitrogens with zero attached hydrogens (tertiary/aromatic N) is 1. The van der Waals surface area contributed by atoms with Crippen molar-refractivity contribution in [3.63, 3.8) is 0 Å². The van der Waals surface area contributed by atoms with Crippen LogP contribution in [0, 0.1) is 15.5 Å². The van der Waals surface area contributed by atoms with Crippen LogP contribution in [0.2, 0.25) is 0 Å². The number of nitro benzene ring substituents is 1. The van der Waals surface area contributed by atoms with Crippen molar-refractivity contribution in [2.75, 3.05) is 12.0 Å². The van der Waals surface area contributed by atoms with Crippen LogP contribution in [0.5, 0.6) is 0 Å². The molecule has 0 atom stereocenters. The Bertz CT molecular complexity index is 550. The fraction of sp³-hybridized carbons (Fsp3) is 0.500. The van der Waals surface area contributed by atoms with Crippen LogP contribution in [0.15, 0.2) is 18.2 Å². The number of carbonyl (C=O) groups is 1. The molecule has 0 aromatic heterocycles. The van der Waals surface area contributed by atoms with Gasteiger partial charge in [-0.15, -0.1) is 0 Å².